The quantitative estimate of drug-likeness (QED) is 0.0147. The number of aliphatic hydroxyl groups excluding tert-OH is 5. The van der Waals surface area contributed by atoms with E-state index in [2.05, 4.69) is 50.3 Å². The minimum absolute atomic E-state index is 0.0813. The van der Waals surface area contributed by atoms with Gasteiger partial charge < -0.3 is 39.9 Å². The third-order valence-corrected chi connectivity index (χ3v) is 12.7. The zero-order chi connectivity index (χ0) is 46.2. The van der Waals surface area contributed by atoms with Crippen molar-refractivity contribution >= 4 is 13.8 Å². The molecule has 0 aromatic rings. The first kappa shape index (κ1) is 59.6. The number of hydrogen-bond donors (Lipinski definition) is 6. The molecule has 1 saturated carbocycles. The van der Waals surface area contributed by atoms with Crippen LogP contribution >= 0.6 is 7.82 Å². The van der Waals surface area contributed by atoms with Crippen LogP contribution in [0.1, 0.15) is 213 Å². The molecule has 1 rings (SSSR count). The third kappa shape index (κ3) is 32.8. The fraction of sp³-hybridized carbons (Fsp3) is 0.860. The average molecular weight is 917 g/mol. The molecule has 0 bridgehead atoms. The zero-order valence-electron chi connectivity index (χ0n) is 39.6. The van der Waals surface area contributed by atoms with Crippen molar-refractivity contribution in [2.75, 3.05) is 19.8 Å². The van der Waals surface area contributed by atoms with Gasteiger partial charge in [-0.3, -0.25) is 13.8 Å². The Morgan fingerprint density at radius 3 is 1.37 bits per heavy atom. The van der Waals surface area contributed by atoms with Crippen LogP contribution in [0.2, 0.25) is 0 Å². The number of carbonyl (C=O) groups is 1. The number of hydrogen-bond acceptors (Lipinski definition) is 11. The predicted octanol–water partition coefficient (Wildman–Crippen LogP) is 11.0. The highest BCUT2D eigenvalue weighted by Gasteiger charge is 2.51. The third-order valence-electron chi connectivity index (χ3n) is 11.7. The Hall–Kier alpha value is -1.44. The van der Waals surface area contributed by atoms with Crippen LogP contribution in [0.15, 0.2) is 36.5 Å². The van der Waals surface area contributed by atoms with Gasteiger partial charge in [-0.2, -0.15) is 0 Å². The average Bonchev–Trinajstić information content (AvgIpc) is 3.27. The number of phosphoric acid groups is 1. The number of unbranched alkanes of at least 4 members (excludes halogenated alkanes) is 25. The fourth-order valence-corrected chi connectivity index (χ4v) is 8.65. The topological polar surface area (TPSA) is 192 Å². The molecule has 0 amide bonds. The van der Waals surface area contributed by atoms with Gasteiger partial charge in [-0.15, -0.1) is 0 Å². The van der Waals surface area contributed by atoms with Crippen molar-refractivity contribution in [3.8, 4) is 0 Å². The van der Waals surface area contributed by atoms with Crippen molar-refractivity contribution in [1.29, 1.82) is 0 Å². The SMILES string of the molecule is CCCCCC/C=C\C/C=C\CCCCCCCCCCOCC(COP(=O)(O)OC1C(O)C(O)C(O)C(O)C1O)OC(=O)CCCCCCCCC/C=C\CCCCCCCC. The molecular formula is C50H93O12P. The van der Waals surface area contributed by atoms with Crippen molar-refractivity contribution in [3.05, 3.63) is 36.5 Å². The van der Waals surface area contributed by atoms with Gasteiger partial charge in [0.1, 0.15) is 42.7 Å². The summed E-state index contributed by atoms with van der Waals surface area (Å²) >= 11 is 0. The lowest BCUT2D eigenvalue weighted by molar-refractivity contribution is -0.220. The van der Waals surface area contributed by atoms with Gasteiger partial charge in [0.15, 0.2) is 0 Å². The summed E-state index contributed by atoms with van der Waals surface area (Å²) in [6.07, 6.45) is 36.3. The first-order chi connectivity index (χ1) is 30.5. The van der Waals surface area contributed by atoms with Crippen molar-refractivity contribution in [3.63, 3.8) is 0 Å². The summed E-state index contributed by atoms with van der Waals surface area (Å²) in [4.78, 5) is 23.2. The maximum atomic E-state index is 12.8. The van der Waals surface area contributed by atoms with Gasteiger partial charge in [-0.1, -0.05) is 172 Å². The Bertz CT molecular complexity index is 1180. The highest BCUT2D eigenvalue weighted by Crippen LogP contribution is 2.47. The van der Waals surface area contributed by atoms with Gasteiger partial charge in [-0.05, 0) is 70.6 Å². The van der Waals surface area contributed by atoms with E-state index in [9.17, 15) is 39.8 Å². The summed E-state index contributed by atoms with van der Waals surface area (Å²) in [5.41, 5.74) is 0. The van der Waals surface area contributed by atoms with Crippen molar-refractivity contribution in [2.24, 2.45) is 0 Å². The lowest BCUT2D eigenvalue weighted by Crippen LogP contribution is -2.64. The Labute approximate surface area is 382 Å². The molecule has 0 aliphatic heterocycles. The van der Waals surface area contributed by atoms with Gasteiger partial charge >= 0.3 is 13.8 Å². The standard InChI is InChI=1S/C50H93O12P/c1-3-5-7-9-11-13-15-17-19-21-22-24-26-28-30-32-34-36-38-40-59-41-43(42-60-63(57,58)62-50-48(55)46(53)45(52)47(54)49(50)56)61-44(51)39-37-35-33-31-29-27-25-23-20-18-16-14-12-10-8-6-4-2/h13,15,18-21,43,45-50,52-56H,3-12,14,16-17,22-42H2,1-2H3,(H,57,58)/b15-13-,20-18-,21-19-. The Balaban J connectivity index is 2.36. The molecule has 63 heavy (non-hydrogen) atoms. The van der Waals surface area contributed by atoms with Crippen LogP contribution in [0.5, 0.6) is 0 Å². The lowest BCUT2D eigenvalue weighted by Gasteiger charge is -2.41. The molecule has 6 unspecified atom stereocenters. The number of phosphoric ester groups is 1. The molecule has 0 aromatic carbocycles. The van der Waals surface area contributed by atoms with Crippen LogP contribution in [-0.4, -0.2) is 98.9 Å². The molecule has 12 nitrogen and oxygen atoms in total. The van der Waals surface area contributed by atoms with Crippen molar-refractivity contribution in [2.45, 2.75) is 256 Å². The Morgan fingerprint density at radius 1 is 0.508 bits per heavy atom. The van der Waals surface area contributed by atoms with E-state index >= 15 is 0 Å². The summed E-state index contributed by atoms with van der Waals surface area (Å²) < 4.78 is 34.3. The van der Waals surface area contributed by atoms with Crippen LogP contribution in [0.25, 0.3) is 0 Å². The number of aliphatic hydroxyl groups is 5. The highest BCUT2D eigenvalue weighted by molar-refractivity contribution is 7.47. The minimum atomic E-state index is -5.02. The van der Waals surface area contributed by atoms with Gasteiger partial charge in [0, 0.05) is 13.0 Å². The number of carbonyl (C=O) groups excluding carboxylic acids is 1. The second-order valence-electron chi connectivity index (χ2n) is 17.7. The summed E-state index contributed by atoms with van der Waals surface area (Å²) in [7, 11) is -5.02. The van der Waals surface area contributed by atoms with Crippen LogP contribution in [0, 0.1) is 0 Å². The maximum absolute atomic E-state index is 12.8. The molecule has 0 radical (unpaired) electrons. The van der Waals surface area contributed by atoms with E-state index in [0.29, 0.717) is 13.0 Å². The zero-order valence-corrected chi connectivity index (χ0v) is 40.5. The van der Waals surface area contributed by atoms with Crippen molar-refractivity contribution < 1.29 is 58.3 Å². The van der Waals surface area contributed by atoms with E-state index in [1.165, 1.54) is 122 Å². The molecule has 0 aromatic heterocycles. The van der Waals surface area contributed by atoms with Gasteiger partial charge in [-0.25, -0.2) is 4.57 Å². The molecule has 0 spiro atoms. The first-order valence-corrected chi connectivity index (χ1v) is 26.8. The number of rotatable bonds is 43. The smallest absolute Gasteiger partial charge is 0.457 e. The number of allylic oxidation sites excluding steroid dienone is 6. The number of esters is 1. The lowest BCUT2D eigenvalue weighted by atomic mass is 9.85. The van der Waals surface area contributed by atoms with Gasteiger partial charge in [0.2, 0.25) is 0 Å². The Morgan fingerprint density at radius 2 is 0.889 bits per heavy atom. The van der Waals surface area contributed by atoms with Gasteiger partial charge in [0.05, 0.1) is 13.2 Å². The molecule has 6 atom stereocenters. The molecule has 0 heterocycles. The highest BCUT2D eigenvalue weighted by atomic mass is 31.2. The van der Waals surface area contributed by atoms with Crippen LogP contribution < -0.4 is 0 Å². The largest absolute Gasteiger partial charge is 0.472 e. The van der Waals surface area contributed by atoms with E-state index < -0.39 is 63.1 Å². The molecular weight excluding hydrogens is 824 g/mol. The fourth-order valence-electron chi connectivity index (χ4n) is 7.68. The van der Waals surface area contributed by atoms with E-state index in [4.69, 9.17) is 18.5 Å². The number of ether oxygens (including phenoxy) is 2. The second-order valence-corrected chi connectivity index (χ2v) is 19.1. The maximum Gasteiger partial charge on any atom is 0.472 e. The molecule has 370 valence electrons. The predicted molar refractivity (Wildman–Crippen MR) is 253 cm³/mol. The minimum Gasteiger partial charge on any atom is -0.457 e. The molecule has 1 fully saturated rings. The van der Waals surface area contributed by atoms with E-state index in [-0.39, 0.29) is 13.0 Å². The second kappa shape index (κ2) is 40.8. The van der Waals surface area contributed by atoms with E-state index in [0.717, 1.165) is 64.2 Å². The summed E-state index contributed by atoms with van der Waals surface area (Å²) in [5.74, 6) is -0.483. The van der Waals surface area contributed by atoms with Crippen LogP contribution in [0.3, 0.4) is 0 Å². The van der Waals surface area contributed by atoms with E-state index in [1.807, 2.05) is 0 Å². The summed E-state index contributed by atoms with van der Waals surface area (Å²) in [6, 6.07) is 0. The Kier molecular flexibility index (Phi) is 38.6. The molecule has 6 N–H and O–H groups in total. The van der Waals surface area contributed by atoms with Gasteiger partial charge in [0.25, 0.3) is 0 Å². The van der Waals surface area contributed by atoms with Crippen molar-refractivity contribution in [1.82, 2.24) is 0 Å². The summed E-state index contributed by atoms with van der Waals surface area (Å²) in [5, 5.41) is 50.3. The van der Waals surface area contributed by atoms with Crippen LogP contribution in [0.4, 0.5) is 0 Å². The summed E-state index contributed by atoms with van der Waals surface area (Å²) in [6.45, 7) is 4.24. The molecule has 1 aliphatic rings. The molecule has 13 heteroatoms. The normalized spacial score (nSPS) is 22.1. The van der Waals surface area contributed by atoms with E-state index in [1.54, 1.807) is 0 Å². The molecule has 0 saturated heterocycles. The van der Waals surface area contributed by atoms with Crippen LogP contribution in [-0.2, 0) is 27.9 Å². The molecule has 1 aliphatic carbocycles. The monoisotopic (exact) mass is 917 g/mol. The first-order valence-electron chi connectivity index (χ1n) is 25.3.